The van der Waals surface area contributed by atoms with E-state index in [-0.39, 0.29) is 18.2 Å². The highest BCUT2D eigenvalue weighted by atomic mass is 16.6. The summed E-state index contributed by atoms with van der Waals surface area (Å²) in [5.74, 6) is 0. The van der Waals surface area contributed by atoms with Crippen LogP contribution in [-0.2, 0) is 4.74 Å². The largest absolute Gasteiger partial charge is 0.444 e. The lowest BCUT2D eigenvalue weighted by Crippen LogP contribution is -2.45. The van der Waals surface area contributed by atoms with E-state index >= 15 is 0 Å². The van der Waals surface area contributed by atoms with Gasteiger partial charge in [0.05, 0.1) is 29.4 Å². The number of fused-ring (bicyclic) bond motifs is 1. The molecule has 1 aliphatic rings. The van der Waals surface area contributed by atoms with Gasteiger partial charge in [0.1, 0.15) is 5.60 Å². The SMILES string of the molecule is CC(C)(C)OC(=O)N[C@@H]1CCCC[C@H]1n1cnc2ccccc21. The number of imidazole rings is 1. The molecular formula is C18H25N3O2. The molecule has 1 N–H and O–H groups in total. The lowest BCUT2D eigenvalue weighted by atomic mass is 9.90. The van der Waals surface area contributed by atoms with Gasteiger partial charge in [-0.05, 0) is 45.7 Å². The molecule has 3 rings (SSSR count). The fraction of sp³-hybridized carbons (Fsp3) is 0.556. The van der Waals surface area contributed by atoms with Gasteiger partial charge in [-0.2, -0.15) is 0 Å². The quantitative estimate of drug-likeness (QED) is 0.909. The first-order valence-electron chi connectivity index (χ1n) is 8.35. The Balaban J connectivity index is 1.80. The molecule has 23 heavy (non-hydrogen) atoms. The highest BCUT2D eigenvalue weighted by Gasteiger charge is 2.30. The third kappa shape index (κ3) is 3.66. The van der Waals surface area contributed by atoms with Crippen molar-refractivity contribution in [3.63, 3.8) is 0 Å². The zero-order chi connectivity index (χ0) is 16.4. The summed E-state index contributed by atoms with van der Waals surface area (Å²) in [5.41, 5.74) is 1.64. The number of aromatic nitrogens is 2. The maximum Gasteiger partial charge on any atom is 0.407 e. The van der Waals surface area contributed by atoms with Crippen molar-refractivity contribution in [3.05, 3.63) is 30.6 Å². The summed E-state index contributed by atoms with van der Waals surface area (Å²) in [6.07, 6.45) is 5.87. The summed E-state index contributed by atoms with van der Waals surface area (Å²) in [6.45, 7) is 5.65. The maximum absolute atomic E-state index is 12.1. The number of benzene rings is 1. The molecular weight excluding hydrogens is 290 g/mol. The number of ether oxygens (including phenoxy) is 1. The van der Waals surface area contributed by atoms with E-state index in [2.05, 4.69) is 20.9 Å². The first-order chi connectivity index (χ1) is 10.9. The zero-order valence-electron chi connectivity index (χ0n) is 14.1. The lowest BCUT2D eigenvalue weighted by molar-refractivity contribution is 0.0473. The molecule has 0 aliphatic heterocycles. The second-order valence-corrected chi connectivity index (χ2v) is 7.25. The number of rotatable bonds is 2. The highest BCUT2D eigenvalue weighted by molar-refractivity contribution is 5.75. The molecule has 0 radical (unpaired) electrons. The minimum Gasteiger partial charge on any atom is -0.444 e. The summed E-state index contributed by atoms with van der Waals surface area (Å²) in [7, 11) is 0. The van der Waals surface area contributed by atoms with Gasteiger partial charge in [0.2, 0.25) is 0 Å². The molecule has 5 heteroatoms. The van der Waals surface area contributed by atoms with Crippen molar-refractivity contribution in [2.45, 2.75) is 64.1 Å². The standard InChI is InChI=1S/C18H25N3O2/c1-18(2,3)23-17(22)20-14-9-5-7-11-16(14)21-12-19-13-8-4-6-10-15(13)21/h4,6,8,10,12,14,16H,5,7,9,11H2,1-3H3,(H,20,22)/t14-,16-/m1/s1. The summed E-state index contributed by atoms with van der Waals surface area (Å²) < 4.78 is 7.62. The Morgan fingerprint density at radius 3 is 2.78 bits per heavy atom. The second kappa shape index (κ2) is 6.22. The van der Waals surface area contributed by atoms with E-state index in [1.54, 1.807) is 0 Å². The molecule has 0 spiro atoms. The third-order valence-corrected chi connectivity index (χ3v) is 4.27. The Hall–Kier alpha value is -2.04. The molecule has 1 heterocycles. The molecule has 0 unspecified atom stereocenters. The van der Waals surface area contributed by atoms with Crippen LogP contribution in [0.3, 0.4) is 0 Å². The van der Waals surface area contributed by atoms with Crippen LogP contribution in [0.25, 0.3) is 11.0 Å². The van der Waals surface area contributed by atoms with Crippen molar-refractivity contribution in [1.29, 1.82) is 0 Å². The number of hydrogen-bond donors (Lipinski definition) is 1. The van der Waals surface area contributed by atoms with E-state index in [1.807, 2.05) is 45.3 Å². The van der Waals surface area contributed by atoms with Crippen molar-refractivity contribution in [1.82, 2.24) is 14.9 Å². The first-order valence-corrected chi connectivity index (χ1v) is 8.35. The Morgan fingerprint density at radius 1 is 1.26 bits per heavy atom. The van der Waals surface area contributed by atoms with Gasteiger partial charge in [0, 0.05) is 0 Å². The van der Waals surface area contributed by atoms with Crippen molar-refractivity contribution in [3.8, 4) is 0 Å². The van der Waals surface area contributed by atoms with Crippen molar-refractivity contribution < 1.29 is 9.53 Å². The van der Waals surface area contributed by atoms with Crippen LogP contribution in [0.1, 0.15) is 52.5 Å². The molecule has 0 bridgehead atoms. The first kappa shape index (κ1) is 15.8. The molecule has 1 aromatic carbocycles. The van der Waals surface area contributed by atoms with Gasteiger partial charge < -0.3 is 14.6 Å². The van der Waals surface area contributed by atoms with Crippen LogP contribution in [0.5, 0.6) is 0 Å². The van der Waals surface area contributed by atoms with Crippen LogP contribution in [0.15, 0.2) is 30.6 Å². The van der Waals surface area contributed by atoms with E-state index in [0.29, 0.717) is 0 Å². The number of hydrogen-bond acceptors (Lipinski definition) is 3. The molecule has 124 valence electrons. The fourth-order valence-electron chi connectivity index (χ4n) is 3.31. The fourth-order valence-corrected chi connectivity index (χ4v) is 3.31. The summed E-state index contributed by atoms with van der Waals surface area (Å²) in [4.78, 5) is 16.6. The minimum absolute atomic E-state index is 0.0798. The van der Waals surface area contributed by atoms with Gasteiger partial charge >= 0.3 is 6.09 Å². The van der Waals surface area contributed by atoms with Crippen LogP contribution in [0.2, 0.25) is 0 Å². The van der Waals surface area contributed by atoms with Crippen LogP contribution in [0, 0.1) is 0 Å². The number of amides is 1. The lowest BCUT2D eigenvalue weighted by Gasteiger charge is -2.34. The Labute approximate surface area is 137 Å². The molecule has 0 saturated heterocycles. The second-order valence-electron chi connectivity index (χ2n) is 7.25. The van der Waals surface area contributed by atoms with Crippen LogP contribution in [0.4, 0.5) is 4.79 Å². The van der Waals surface area contributed by atoms with Gasteiger partial charge in [-0.1, -0.05) is 25.0 Å². The van der Waals surface area contributed by atoms with Crippen molar-refractivity contribution in [2.24, 2.45) is 0 Å². The van der Waals surface area contributed by atoms with Gasteiger partial charge in [-0.15, -0.1) is 0 Å². The third-order valence-electron chi connectivity index (χ3n) is 4.27. The number of carbonyl (C=O) groups excluding carboxylic acids is 1. The number of nitrogens with one attached hydrogen (secondary N) is 1. The Kier molecular flexibility index (Phi) is 4.28. The average molecular weight is 315 g/mol. The van der Waals surface area contributed by atoms with Crippen molar-refractivity contribution >= 4 is 17.1 Å². The number of carbonyl (C=O) groups is 1. The van der Waals surface area contributed by atoms with Crippen LogP contribution < -0.4 is 5.32 Å². The van der Waals surface area contributed by atoms with Gasteiger partial charge in [-0.3, -0.25) is 0 Å². The zero-order valence-corrected chi connectivity index (χ0v) is 14.1. The minimum atomic E-state index is -0.476. The predicted octanol–water partition coefficient (Wildman–Crippen LogP) is 4.04. The van der Waals surface area contributed by atoms with E-state index < -0.39 is 5.60 Å². The van der Waals surface area contributed by atoms with E-state index in [0.717, 1.165) is 30.3 Å². The molecule has 5 nitrogen and oxygen atoms in total. The Bertz CT molecular complexity index is 687. The topological polar surface area (TPSA) is 56.1 Å². The van der Waals surface area contributed by atoms with E-state index in [4.69, 9.17) is 4.74 Å². The maximum atomic E-state index is 12.1. The monoisotopic (exact) mass is 315 g/mol. The molecule has 1 amide bonds. The number of alkyl carbamates (subject to hydrolysis) is 1. The highest BCUT2D eigenvalue weighted by Crippen LogP contribution is 2.31. The molecule has 1 saturated carbocycles. The normalized spacial score (nSPS) is 22.0. The molecule has 2 atom stereocenters. The molecule has 1 fully saturated rings. The number of nitrogens with zero attached hydrogens (tertiary/aromatic N) is 2. The smallest absolute Gasteiger partial charge is 0.407 e. The molecule has 2 aromatic rings. The van der Waals surface area contributed by atoms with Gasteiger partial charge in [-0.25, -0.2) is 9.78 Å². The summed E-state index contributed by atoms with van der Waals surface area (Å²) in [6, 6.07) is 8.43. The predicted molar refractivity (Wildman–Crippen MR) is 90.4 cm³/mol. The van der Waals surface area contributed by atoms with E-state index in [9.17, 15) is 4.79 Å². The van der Waals surface area contributed by atoms with Gasteiger partial charge in [0.15, 0.2) is 0 Å². The summed E-state index contributed by atoms with van der Waals surface area (Å²) >= 11 is 0. The molecule has 1 aliphatic carbocycles. The Morgan fingerprint density at radius 2 is 2.00 bits per heavy atom. The van der Waals surface area contributed by atoms with E-state index in [1.165, 1.54) is 6.42 Å². The number of para-hydroxylation sites is 2. The van der Waals surface area contributed by atoms with Crippen molar-refractivity contribution in [2.75, 3.05) is 0 Å². The van der Waals surface area contributed by atoms with Crippen LogP contribution >= 0.6 is 0 Å². The molecule has 1 aromatic heterocycles. The summed E-state index contributed by atoms with van der Waals surface area (Å²) in [5, 5.41) is 3.07. The van der Waals surface area contributed by atoms with Gasteiger partial charge in [0.25, 0.3) is 0 Å². The average Bonchev–Trinajstić information content (AvgIpc) is 2.89. The van der Waals surface area contributed by atoms with Crippen LogP contribution in [-0.4, -0.2) is 27.3 Å².